The average molecular weight is 487 g/mol. The number of rotatable bonds is 6. The predicted octanol–water partition coefficient (Wildman–Crippen LogP) is 3.52. The molecular weight excluding hydrogens is 456 g/mol. The van der Waals surface area contributed by atoms with Crippen molar-refractivity contribution < 1.29 is 22.7 Å². The minimum absolute atomic E-state index is 0.255. The van der Waals surface area contributed by atoms with Gasteiger partial charge in [0.15, 0.2) is 0 Å². The van der Waals surface area contributed by atoms with Gasteiger partial charge in [-0.1, -0.05) is 18.2 Å². The monoisotopic (exact) mass is 486 g/mol. The van der Waals surface area contributed by atoms with Crippen molar-refractivity contribution in [2.45, 2.75) is 58.2 Å². The molecule has 3 rings (SSSR count). The van der Waals surface area contributed by atoms with E-state index in [2.05, 4.69) is 9.71 Å². The third-order valence-electron chi connectivity index (χ3n) is 5.26. The number of hydrogen-bond acceptors (Lipinski definition) is 7. The molecule has 0 aliphatic carbocycles. The fourth-order valence-electron chi connectivity index (χ4n) is 3.83. The fourth-order valence-corrected chi connectivity index (χ4v) is 4.66. The number of sulfonamides is 1. The van der Waals surface area contributed by atoms with E-state index in [0.29, 0.717) is 31.0 Å². The number of hydrogen-bond donors (Lipinski definition) is 1. The van der Waals surface area contributed by atoms with E-state index in [0.717, 1.165) is 17.4 Å². The zero-order chi connectivity index (χ0) is 25.1. The van der Waals surface area contributed by atoms with Crippen LogP contribution in [0.25, 0.3) is 0 Å². The van der Waals surface area contributed by atoms with Crippen molar-refractivity contribution in [3.05, 3.63) is 53.2 Å². The lowest BCUT2D eigenvalue weighted by molar-refractivity contribution is 0.0218. The molecule has 1 aliphatic heterocycles. The maximum atomic E-state index is 12.8. The van der Waals surface area contributed by atoms with E-state index in [1.165, 1.54) is 0 Å². The number of carbonyl (C=O) groups is 1. The fraction of sp³-hybridized carbons (Fsp3) is 0.458. The van der Waals surface area contributed by atoms with Crippen molar-refractivity contribution in [2.75, 3.05) is 12.8 Å². The Morgan fingerprint density at radius 2 is 2.03 bits per heavy atom. The number of benzene rings is 1. The van der Waals surface area contributed by atoms with Gasteiger partial charge in [-0.3, -0.25) is 0 Å². The summed E-state index contributed by atoms with van der Waals surface area (Å²) in [5.74, 6) is 0.863. The Morgan fingerprint density at radius 1 is 1.29 bits per heavy atom. The second-order valence-electron chi connectivity index (χ2n) is 9.41. The Labute approximate surface area is 200 Å². The van der Waals surface area contributed by atoms with Crippen LogP contribution in [0.5, 0.6) is 11.6 Å². The number of amides is 1. The highest BCUT2D eigenvalue weighted by Crippen LogP contribution is 2.28. The lowest BCUT2D eigenvalue weighted by Crippen LogP contribution is -2.48. The number of nitriles is 1. The van der Waals surface area contributed by atoms with E-state index in [1.807, 2.05) is 31.2 Å². The van der Waals surface area contributed by atoms with Gasteiger partial charge in [0.2, 0.25) is 15.9 Å². The number of likely N-dealkylation sites (tertiary alicyclic amines) is 1. The highest BCUT2D eigenvalue weighted by atomic mass is 32.2. The van der Waals surface area contributed by atoms with Crippen LogP contribution >= 0.6 is 0 Å². The molecule has 0 spiro atoms. The van der Waals surface area contributed by atoms with Crippen LogP contribution in [0.1, 0.15) is 44.0 Å². The maximum absolute atomic E-state index is 12.8. The molecule has 1 aliphatic rings. The van der Waals surface area contributed by atoms with Crippen molar-refractivity contribution in [1.82, 2.24) is 14.6 Å². The Morgan fingerprint density at radius 3 is 2.68 bits per heavy atom. The second-order valence-corrected chi connectivity index (χ2v) is 11.2. The molecule has 0 saturated carbocycles. The third-order valence-corrected chi connectivity index (χ3v) is 5.99. The molecule has 0 radical (unpaired) electrons. The number of aryl methyl sites for hydroxylation is 1. The van der Waals surface area contributed by atoms with Crippen LogP contribution in [0.2, 0.25) is 0 Å². The average Bonchev–Trinajstić information content (AvgIpc) is 3.09. The lowest BCUT2D eigenvalue weighted by Gasteiger charge is -2.31. The minimum Gasteiger partial charge on any atom is -0.444 e. The summed E-state index contributed by atoms with van der Waals surface area (Å²) >= 11 is 0. The predicted molar refractivity (Wildman–Crippen MR) is 127 cm³/mol. The van der Waals surface area contributed by atoms with E-state index < -0.39 is 33.8 Å². The third kappa shape index (κ3) is 6.92. The number of nitrogens with one attached hydrogen (secondary N) is 1. The van der Waals surface area contributed by atoms with E-state index in [1.54, 1.807) is 43.9 Å². The molecule has 0 unspecified atom stereocenters. The molecule has 1 N–H and O–H groups in total. The van der Waals surface area contributed by atoms with Crippen LogP contribution in [0, 0.1) is 18.3 Å². The molecule has 0 bridgehead atoms. The number of pyridine rings is 1. The first-order valence-electron chi connectivity index (χ1n) is 11.0. The SMILES string of the molecule is Cc1ccc(C#N)nc1Oc1cccc(C[C@H]2[C@@H](NS(C)(=O)=O)CCN2C(=O)OC(C)(C)C)c1. The summed E-state index contributed by atoms with van der Waals surface area (Å²) in [5.41, 5.74) is 1.23. The van der Waals surface area contributed by atoms with Gasteiger partial charge in [0, 0.05) is 18.2 Å². The van der Waals surface area contributed by atoms with Crippen LogP contribution in [-0.4, -0.2) is 54.9 Å². The van der Waals surface area contributed by atoms with E-state index in [9.17, 15) is 13.2 Å². The van der Waals surface area contributed by atoms with Crippen molar-refractivity contribution >= 4 is 16.1 Å². The van der Waals surface area contributed by atoms with Gasteiger partial charge in [-0.25, -0.2) is 22.9 Å². The van der Waals surface area contributed by atoms with Gasteiger partial charge >= 0.3 is 6.09 Å². The van der Waals surface area contributed by atoms with Gasteiger partial charge in [-0.05, 0) is 64.3 Å². The molecule has 1 amide bonds. The first-order chi connectivity index (χ1) is 15.8. The van der Waals surface area contributed by atoms with Gasteiger partial charge < -0.3 is 14.4 Å². The molecule has 9 nitrogen and oxygen atoms in total. The highest BCUT2D eigenvalue weighted by molar-refractivity contribution is 7.88. The second kappa shape index (κ2) is 9.99. The van der Waals surface area contributed by atoms with E-state index >= 15 is 0 Å². The summed E-state index contributed by atoms with van der Waals surface area (Å²) < 4.78 is 38.0. The van der Waals surface area contributed by atoms with Crippen molar-refractivity contribution in [2.24, 2.45) is 0 Å². The summed E-state index contributed by atoms with van der Waals surface area (Å²) in [6.07, 6.45) is 1.51. The van der Waals surface area contributed by atoms with Gasteiger partial charge in [-0.2, -0.15) is 5.26 Å². The Hall–Kier alpha value is -3.16. The van der Waals surface area contributed by atoms with Crippen molar-refractivity contribution in [3.8, 4) is 17.7 Å². The topological polar surface area (TPSA) is 122 Å². The van der Waals surface area contributed by atoms with Crippen LogP contribution in [0.15, 0.2) is 36.4 Å². The molecule has 1 aromatic carbocycles. The molecule has 1 fully saturated rings. The van der Waals surface area contributed by atoms with Gasteiger partial charge in [0.25, 0.3) is 0 Å². The molecule has 2 aromatic rings. The summed E-state index contributed by atoms with van der Waals surface area (Å²) in [5, 5.41) is 9.11. The van der Waals surface area contributed by atoms with Crippen LogP contribution in [0.4, 0.5) is 4.79 Å². The number of ether oxygens (including phenoxy) is 2. The molecule has 2 heterocycles. The first kappa shape index (κ1) is 25.5. The largest absolute Gasteiger partial charge is 0.444 e. The summed E-state index contributed by atoms with van der Waals surface area (Å²) in [6, 6.07) is 11.8. The minimum atomic E-state index is -3.47. The molecule has 182 valence electrons. The highest BCUT2D eigenvalue weighted by Gasteiger charge is 2.40. The lowest BCUT2D eigenvalue weighted by atomic mass is 10.0. The smallest absolute Gasteiger partial charge is 0.410 e. The Bertz CT molecular complexity index is 1200. The molecule has 34 heavy (non-hydrogen) atoms. The zero-order valence-corrected chi connectivity index (χ0v) is 20.8. The van der Waals surface area contributed by atoms with Crippen LogP contribution in [0.3, 0.4) is 0 Å². The van der Waals surface area contributed by atoms with Gasteiger partial charge in [0.1, 0.15) is 23.1 Å². The summed E-state index contributed by atoms with van der Waals surface area (Å²) in [4.78, 5) is 18.6. The number of nitrogens with zero attached hydrogens (tertiary/aromatic N) is 3. The maximum Gasteiger partial charge on any atom is 0.410 e. The molecule has 2 atom stereocenters. The van der Waals surface area contributed by atoms with Crippen molar-refractivity contribution in [3.63, 3.8) is 0 Å². The van der Waals surface area contributed by atoms with Crippen LogP contribution < -0.4 is 9.46 Å². The molecule has 1 aromatic heterocycles. The first-order valence-corrected chi connectivity index (χ1v) is 12.9. The number of carbonyl (C=O) groups excluding carboxylic acids is 1. The summed E-state index contributed by atoms with van der Waals surface area (Å²) in [7, 11) is -3.47. The number of aromatic nitrogens is 1. The molecular formula is C24H30N4O5S. The zero-order valence-electron chi connectivity index (χ0n) is 20.0. The van der Waals surface area contributed by atoms with E-state index in [-0.39, 0.29) is 5.69 Å². The Kier molecular flexibility index (Phi) is 7.48. The normalized spacial score (nSPS) is 18.4. The Balaban J connectivity index is 1.85. The van der Waals surface area contributed by atoms with E-state index in [4.69, 9.17) is 14.7 Å². The standard InChI is InChI=1S/C24H30N4O5S/c1-16-9-10-18(15-25)26-22(16)32-19-8-6-7-17(13-19)14-21-20(27-34(5,30)31)11-12-28(21)23(29)33-24(2,3)4/h6-10,13,20-21,27H,11-12,14H2,1-5H3/t20-,21-/m0/s1. The molecule has 1 saturated heterocycles. The van der Waals surface area contributed by atoms with Crippen LogP contribution in [-0.2, 0) is 21.2 Å². The summed E-state index contributed by atoms with van der Waals surface area (Å²) in [6.45, 7) is 7.60. The van der Waals surface area contributed by atoms with Gasteiger partial charge in [-0.15, -0.1) is 0 Å². The molecule has 10 heteroatoms. The van der Waals surface area contributed by atoms with Crippen molar-refractivity contribution in [1.29, 1.82) is 5.26 Å². The quantitative estimate of drug-likeness (QED) is 0.663. The van der Waals surface area contributed by atoms with Gasteiger partial charge in [0.05, 0.1) is 12.3 Å².